The summed E-state index contributed by atoms with van der Waals surface area (Å²) >= 11 is 0. The van der Waals surface area contributed by atoms with Crippen LogP contribution in [0, 0.1) is 5.92 Å². The third-order valence-electron chi connectivity index (χ3n) is 4.22. The van der Waals surface area contributed by atoms with Crippen LogP contribution in [0.1, 0.15) is 46.1 Å². The Hall–Kier alpha value is -1.09. The lowest BCUT2D eigenvalue weighted by Crippen LogP contribution is -2.44. The molecule has 1 aromatic heterocycles. The number of aromatic nitrogens is 1. The first-order chi connectivity index (χ1) is 8.91. The van der Waals surface area contributed by atoms with Gasteiger partial charge < -0.3 is 10.6 Å². The molecule has 0 aliphatic carbocycles. The standard InChI is InChI=1S/C16H27N3/c1-12-5-6-13(9-17)11-19(12)15-8-7-14(10-18-15)16(2,3)4/h7-8,10,12-13H,5-6,9,11,17H2,1-4H3. The first-order valence-electron chi connectivity index (χ1n) is 7.35. The summed E-state index contributed by atoms with van der Waals surface area (Å²) in [5.74, 6) is 1.71. The molecule has 0 bridgehead atoms. The van der Waals surface area contributed by atoms with Crippen LogP contribution in [0.2, 0.25) is 0 Å². The molecule has 2 unspecified atom stereocenters. The van der Waals surface area contributed by atoms with Crippen LogP contribution in [-0.4, -0.2) is 24.1 Å². The molecular formula is C16H27N3. The molecule has 0 radical (unpaired) electrons. The second-order valence-corrected chi connectivity index (χ2v) is 6.84. The minimum Gasteiger partial charge on any atom is -0.354 e. The maximum absolute atomic E-state index is 5.82. The van der Waals surface area contributed by atoms with Crippen molar-refractivity contribution in [3.05, 3.63) is 23.9 Å². The predicted molar refractivity (Wildman–Crippen MR) is 81.5 cm³/mol. The maximum Gasteiger partial charge on any atom is 0.128 e. The molecule has 2 heterocycles. The Morgan fingerprint density at radius 3 is 2.58 bits per heavy atom. The highest BCUT2D eigenvalue weighted by molar-refractivity contribution is 5.42. The fourth-order valence-electron chi connectivity index (χ4n) is 2.69. The van der Waals surface area contributed by atoms with Crippen LogP contribution < -0.4 is 10.6 Å². The normalized spacial score (nSPS) is 24.6. The monoisotopic (exact) mass is 261 g/mol. The van der Waals surface area contributed by atoms with Crippen LogP contribution in [-0.2, 0) is 5.41 Å². The van der Waals surface area contributed by atoms with E-state index in [-0.39, 0.29) is 5.41 Å². The Balaban J connectivity index is 2.16. The highest BCUT2D eigenvalue weighted by Crippen LogP contribution is 2.28. The van der Waals surface area contributed by atoms with Gasteiger partial charge in [-0.1, -0.05) is 26.8 Å². The van der Waals surface area contributed by atoms with E-state index in [0.29, 0.717) is 12.0 Å². The third-order valence-corrected chi connectivity index (χ3v) is 4.22. The largest absolute Gasteiger partial charge is 0.354 e. The van der Waals surface area contributed by atoms with E-state index in [1.165, 1.54) is 18.4 Å². The zero-order chi connectivity index (χ0) is 14.0. The number of nitrogens with zero attached hydrogens (tertiary/aromatic N) is 2. The van der Waals surface area contributed by atoms with Gasteiger partial charge in [-0.25, -0.2) is 4.98 Å². The van der Waals surface area contributed by atoms with E-state index in [1.807, 2.05) is 6.20 Å². The van der Waals surface area contributed by atoms with E-state index in [4.69, 9.17) is 5.73 Å². The minimum absolute atomic E-state index is 0.166. The van der Waals surface area contributed by atoms with Crippen molar-refractivity contribution in [2.75, 3.05) is 18.0 Å². The van der Waals surface area contributed by atoms with Crippen LogP contribution in [0.25, 0.3) is 0 Å². The summed E-state index contributed by atoms with van der Waals surface area (Å²) in [5.41, 5.74) is 7.28. The van der Waals surface area contributed by atoms with E-state index in [0.717, 1.165) is 18.9 Å². The van der Waals surface area contributed by atoms with Crippen molar-refractivity contribution < 1.29 is 0 Å². The van der Waals surface area contributed by atoms with Crippen molar-refractivity contribution in [1.82, 2.24) is 4.98 Å². The summed E-state index contributed by atoms with van der Waals surface area (Å²) in [6.45, 7) is 10.8. The summed E-state index contributed by atoms with van der Waals surface area (Å²) in [7, 11) is 0. The predicted octanol–water partition coefficient (Wildman–Crippen LogP) is 2.94. The van der Waals surface area contributed by atoms with Gasteiger partial charge >= 0.3 is 0 Å². The lowest BCUT2D eigenvalue weighted by atomic mass is 9.88. The van der Waals surface area contributed by atoms with Crippen LogP contribution in [0.15, 0.2) is 18.3 Å². The third kappa shape index (κ3) is 3.27. The molecule has 0 aromatic carbocycles. The summed E-state index contributed by atoms with van der Waals surface area (Å²) < 4.78 is 0. The number of rotatable bonds is 2. The zero-order valence-corrected chi connectivity index (χ0v) is 12.7. The number of hydrogen-bond acceptors (Lipinski definition) is 3. The molecule has 3 heteroatoms. The molecule has 3 nitrogen and oxygen atoms in total. The van der Waals surface area contributed by atoms with E-state index < -0.39 is 0 Å². The van der Waals surface area contributed by atoms with Gasteiger partial charge in [-0.15, -0.1) is 0 Å². The quantitative estimate of drug-likeness (QED) is 0.890. The maximum atomic E-state index is 5.82. The molecule has 1 aromatic rings. The van der Waals surface area contributed by atoms with Crippen molar-refractivity contribution in [3.63, 3.8) is 0 Å². The van der Waals surface area contributed by atoms with Crippen molar-refractivity contribution >= 4 is 5.82 Å². The average Bonchev–Trinajstić information content (AvgIpc) is 2.38. The molecular weight excluding hydrogens is 234 g/mol. The second kappa shape index (κ2) is 5.49. The fourth-order valence-corrected chi connectivity index (χ4v) is 2.69. The van der Waals surface area contributed by atoms with Gasteiger partial charge in [0.15, 0.2) is 0 Å². The first-order valence-corrected chi connectivity index (χ1v) is 7.35. The number of hydrogen-bond donors (Lipinski definition) is 1. The molecule has 19 heavy (non-hydrogen) atoms. The van der Waals surface area contributed by atoms with Gasteiger partial charge in [0.2, 0.25) is 0 Å². The van der Waals surface area contributed by atoms with Crippen LogP contribution in [0.3, 0.4) is 0 Å². The van der Waals surface area contributed by atoms with Crippen molar-refractivity contribution in [2.24, 2.45) is 11.7 Å². The van der Waals surface area contributed by atoms with Gasteiger partial charge in [-0.3, -0.25) is 0 Å². The Labute approximate surface area is 117 Å². The molecule has 106 valence electrons. The SMILES string of the molecule is CC1CCC(CN)CN1c1ccc(C(C)(C)C)cn1. The molecule has 0 spiro atoms. The van der Waals surface area contributed by atoms with E-state index >= 15 is 0 Å². The highest BCUT2D eigenvalue weighted by atomic mass is 15.2. The van der Waals surface area contributed by atoms with Crippen LogP contribution in [0.5, 0.6) is 0 Å². The molecule has 2 rings (SSSR count). The van der Waals surface area contributed by atoms with Gasteiger partial charge in [-0.05, 0) is 49.3 Å². The molecule has 0 saturated carbocycles. The number of nitrogens with two attached hydrogens (primary N) is 1. The van der Waals surface area contributed by atoms with Gasteiger partial charge in [-0.2, -0.15) is 0 Å². The van der Waals surface area contributed by atoms with Gasteiger partial charge in [0.1, 0.15) is 5.82 Å². The summed E-state index contributed by atoms with van der Waals surface area (Å²) in [6, 6.07) is 4.94. The summed E-state index contributed by atoms with van der Waals surface area (Å²) in [4.78, 5) is 7.08. The minimum atomic E-state index is 0.166. The number of piperidine rings is 1. The molecule has 0 amide bonds. The Morgan fingerprint density at radius 1 is 1.32 bits per heavy atom. The molecule has 2 atom stereocenters. The lowest BCUT2D eigenvalue weighted by Gasteiger charge is -2.38. The van der Waals surface area contributed by atoms with Gasteiger partial charge in [0.25, 0.3) is 0 Å². The molecule has 1 aliphatic heterocycles. The Bertz CT molecular complexity index is 405. The van der Waals surface area contributed by atoms with E-state index in [1.54, 1.807) is 0 Å². The van der Waals surface area contributed by atoms with Crippen molar-refractivity contribution in [1.29, 1.82) is 0 Å². The summed E-state index contributed by atoms with van der Waals surface area (Å²) in [5, 5.41) is 0. The Kier molecular flexibility index (Phi) is 4.14. The highest BCUT2D eigenvalue weighted by Gasteiger charge is 2.25. The number of anilines is 1. The van der Waals surface area contributed by atoms with Gasteiger partial charge in [0.05, 0.1) is 0 Å². The topological polar surface area (TPSA) is 42.1 Å². The van der Waals surface area contributed by atoms with Crippen molar-refractivity contribution in [3.8, 4) is 0 Å². The molecule has 1 saturated heterocycles. The zero-order valence-electron chi connectivity index (χ0n) is 12.7. The fraction of sp³-hybridized carbons (Fsp3) is 0.688. The van der Waals surface area contributed by atoms with Crippen LogP contribution in [0.4, 0.5) is 5.82 Å². The van der Waals surface area contributed by atoms with Gasteiger partial charge in [0, 0.05) is 18.8 Å². The average molecular weight is 261 g/mol. The smallest absolute Gasteiger partial charge is 0.128 e. The Morgan fingerprint density at radius 2 is 2.05 bits per heavy atom. The lowest BCUT2D eigenvalue weighted by molar-refractivity contribution is 0.372. The van der Waals surface area contributed by atoms with Crippen molar-refractivity contribution in [2.45, 2.75) is 52.0 Å². The number of pyridine rings is 1. The van der Waals surface area contributed by atoms with E-state index in [9.17, 15) is 0 Å². The van der Waals surface area contributed by atoms with Crippen LogP contribution >= 0.6 is 0 Å². The molecule has 1 fully saturated rings. The first kappa shape index (κ1) is 14.3. The summed E-state index contributed by atoms with van der Waals surface area (Å²) in [6.07, 6.45) is 4.48. The van der Waals surface area contributed by atoms with E-state index in [2.05, 4.69) is 49.7 Å². The second-order valence-electron chi connectivity index (χ2n) is 6.84. The molecule has 1 aliphatic rings. The molecule has 2 N–H and O–H groups in total.